The van der Waals surface area contributed by atoms with Crippen molar-refractivity contribution in [1.29, 1.82) is 0 Å². The van der Waals surface area contributed by atoms with Crippen LogP contribution in [0, 0.1) is 5.41 Å². The average molecular weight is 330 g/mol. The van der Waals surface area contributed by atoms with Crippen molar-refractivity contribution in [2.24, 2.45) is 12.5 Å². The van der Waals surface area contributed by atoms with Crippen LogP contribution in [0.1, 0.15) is 52.1 Å². The molecule has 1 saturated heterocycles. The van der Waals surface area contributed by atoms with Gasteiger partial charge in [-0.3, -0.25) is 9.13 Å². The number of hydrogen-bond acceptors (Lipinski definition) is 3. The maximum absolute atomic E-state index is 12.6. The quantitative estimate of drug-likeness (QED) is 0.869. The van der Waals surface area contributed by atoms with Crippen molar-refractivity contribution < 1.29 is 0 Å². The lowest BCUT2D eigenvalue weighted by molar-refractivity contribution is 0.216. The first-order valence-corrected chi connectivity index (χ1v) is 9.08. The van der Waals surface area contributed by atoms with Crippen LogP contribution in [0.5, 0.6) is 0 Å². The Morgan fingerprint density at radius 3 is 2.71 bits per heavy atom. The topological polar surface area (TPSA) is 43.1 Å². The summed E-state index contributed by atoms with van der Waals surface area (Å²) in [5, 5.41) is 0. The Bertz CT molecular complexity index is 781. The number of likely N-dealkylation sites (tertiary alicyclic amines) is 1. The highest BCUT2D eigenvalue weighted by Crippen LogP contribution is 2.27. The van der Waals surface area contributed by atoms with Crippen LogP contribution >= 0.6 is 0 Å². The van der Waals surface area contributed by atoms with Gasteiger partial charge < -0.3 is 4.90 Å². The minimum atomic E-state index is 0.0309. The molecule has 0 bridgehead atoms. The Balaban J connectivity index is 2.00. The smallest absolute Gasteiger partial charge is 0.303 e. The van der Waals surface area contributed by atoms with E-state index in [1.807, 2.05) is 11.6 Å². The molecule has 5 heteroatoms. The number of hydrogen-bond donors (Lipinski definition) is 0. The number of pyridine rings is 1. The summed E-state index contributed by atoms with van der Waals surface area (Å²) in [6, 6.07) is 4.22. The summed E-state index contributed by atoms with van der Waals surface area (Å²) in [6.07, 6.45) is 2.41. The zero-order valence-corrected chi connectivity index (χ0v) is 15.7. The number of rotatable bonds is 3. The first-order valence-electron chi connectivity index (χ1n) is 9.08. The third-order valence-electron chi connectivity index (χ3n) is 5.01. The predicted octanol–water partition coefficient (Wildman–Crippen LogP) is 2.98. The van der Waals surface area contributed by atoms with Gasteiger partial charge >= 0.3 is 5.69 Å². The highest BCUT2D eigenvalue weighted by atomic mass is 16.1. The van der Waals surface area contributed by atoms with Gasteiger partial charge in [0.15, 0.2) is 5.65 Å². The second kappa shape index (κ2) is 6.36. The zero-order chi connectivity index (χ0) is 17.5. The van der Waals surface area contributed by atoms with Gasteiger partial charge in [-0.1, -0.05) is 27.7 Å². The molecule has 1 aliphatic heterocycles. The van der Waals surface area contributed by atoms with Crippen molar-refractivity contribution in [3.05, 3.63) is 28.3 Å². The SMILES string of the molecule is CCN1CCCC(c2ccc3c(n2)n(C)c(=O)n3CC(C)(C)C)C1. The molecule has 0 aromatic carbocycles. The van der Waals surface area contributed by atoms with E-state index in [0.717, 1.165) is 29.9 Å². The highest BCUT2D eigenvalue weighted by Gasteiger charge is 2.23. The number of imidazole rings is 1. The van der Waals surface area contributed by atoms with Crippen LogP contribution in [-0.2, 0) is 13.6 Å². The van der Waals surface area contributed by atoms with Gasteiger partial charge in [0.05, 0.1) is 5.52 Å². The van der Waals surface area contributed by atoms with Crippen molar-refractivity contribution in [2.75, 3.05) is 19.6 Å². The lowest BCUT2D eigenvalue weighted by Gasteiger charge is -2.31. The molecular formula is C19H30N4O. The molecule has 0 N–H and O–H groups in total. The van der Waals surface area contributed by atoms with Crippen LogP contribution in [0.25, 0.3) is 11.2 Å². The molecule has 0 spiro atoms. The van der Waals surface area contributed by atoms with E-state index in [1.54, 1.807) is 4.57 Å². The first-order chi connectivity index (χ1) is 11.3. The van der Waals surface area contributed by atoms with Gasteiger partial charge in [-0.05, 0) is 43.5 Å². The van der Waals surface area contributed by atoms with Crippen molar-refractivity contribution >= 4 is 11.2 Å². The van der Waals surface area contributed by atoms with Gasteiger partial charge in [-0.25, -0.2) is 9.78 Å². The van der Waals surface area contributed by atoms with Gasteiger partial charge in [0.1, 0.15) is 0 Å². The number of aryl methyl sites for hydroxylation is 1. The molecule has 2 aromatic rings. The molecular weight excluding hydrogens is 300 g/mol. The zero-order valence-electron chi connectivity index (χ0n) is 15.7. The van der Waals surface area contributed by atoms with Crippen LogP contribution in [0.4, 0.5) is 0 Å². The Hall–Kier alpha value is -1.62. The summed E-state index contributed by atoms with van der Waals surface area (Å²) in [4.78, 5) is 20.0. The van der Waals surface area contributed by atoms with E-state index in [1.165, 1.54) is 19.4 Å². The Morgan fingerprint density at radius 1 is 1.29 bits per heavy atom. The van der Waals surface area contributed by atoms with Gasteiger partial charge in [0.25, 0.3) is 0 Å². The highest BCUT2D eigenvalue weighted by molar-refractivity contribution is 5.72. The summed E-state index contributed by atoms with van der Waals surface area (Å²) in [5.41, 5.74) is 2.98. The molecule has 3 rings (SSSR count). The molecule has 1 unspecified atom stereocenters. The van der Waals surface area contributed by atoms with Crippen LogP contribution in [-0.4, -0.2) is 38.7 Å². The van der Waals surface area contributed by atoms with Crippen LogP contribution in [0.15, 0.2) is 16.9 Å². The van der Waals surface area contributed by atoms with Crippen LogP contribution < -0.4 is 5.69 Å². The molecule has 5 nitrogen and oxygen atoms in total. The fourth-order valence-electron chi connectivity index (χ4n) is 3.73. The Labute approximate surface area is 144 Å². The van der Waals surface area contributed by atoms with E-state index in [-0.39, 0.29) is 11.1 Å². The number of aromatic nitrogens is 3. The van der Waals surface area contributed by atoms with Crippen molar-refractivity contribution in [3.63, 3.8) is 0 Å². The second-order valence-corrected chi connectivity index (χ2v) is 8.30. The summed E-state index contributed by atoms with van der Waals surface area (Å²) >= 11 is 0. The van der Waals surface area contributed by atoms with Gasteiger partial charge in [0, 0.05) is 31.7 Å². The monoisotopic (exact) mass is 330 g/mol. The summed E-state index contributed by atoms with van der Waals surface area (Å²) in [7, 11) is 1.83. The van der Waals surface area contributed by atoms with Crippen molar-refractivity contribution in [2.45, 2.75) is 53.0 Å². The molecule has 1 fully saturated rings. The normalized spacial score (nSPS) is 20.0. The fraction of sp³-hybridized carbons (Fsp3) is 0.684. The maximum atomic E-state index is 12.6. The summed E-state index contributed by atoms with van der Waals surface area (Å²) < 4.78 is 3.57. The van der Waals surface area contributed by atoms with Crippen LogP contribution in [0.3, 0.4) is 0 Å². The van der Waals surface area contributed by atoms with Crippen molar-refractivity contribution in [1.82, 2.24) is 19.0 Å². The average Bonchev–Trinajstić information content (AvgIpc) is 2.78. The van der Waals surface area contributed by atoms with Crippen LogP contribution in [0.2, 0.25) is 0 Å². The third kappa shape index (κ3) is 3.27. The number of likely N-dealkylation sites (N-methyl/N-ethyl adjacent to an activating group) is 1. The fourth-order valence-corrected chi connectivity index (χ4v) is 3.73. The van der Waals surface area contributed by atoms with Gasteiger partial charge in [-0.15, -0.1) is 0 Å². The van der Waals surface area contributed by atoms with E-state index >= 15 is 0 Å². The number of piperidine rings is 1. The van der Waals surface area contributed by atoms with Gasteiger partial charge in [0.2, 0.25) is 0 Å². The molecule has 0 radical (unpaired) electrons. The van der Waals surface area contributed by atoms with E-state index < -0.39 is 0 Å². The molecule has 1 atom stereocenters. The van der Waals surface area contributed by atoms with Gasteiger partial charge in [-0.2, -0.15) is 0 Å². The Kier molecular flexibility index (Phi) is 4.56. The molecule has 2 aromatic heterocycles. The summed E-state index contributed by atoms with van der Waals surface area (Å²) in [6.45, 7) is 12.7. The number of fused-ring (bicyclic) bond motifs is 1. The second-order valence-electron chi connectivity index (χ2n) is 8.30. The molecule has 3 heterocycles. The predicted molar refractivity (Wildman–Crippen MR) is 98.5 cm³/mol. The molecule has 132 valence electrons. The molecule has 1 aliphatic rings. The standard InChI is InChI=1S/C19H30N4O/c1-6-22-11-7-8-14(12-22)15-9-10-16-17(20-15)21(5)18(24)23(16)13-19(2,3)4/h9-10,14H,6-8,11-13H2,1-5H3. The first kappa shape index (κ1) is 17.2. The van der Waals surface area contributed by atoms with E-state index in [0.29, 0.717) is 12.5 Å². The Morgan fingerprint density at radius 2 is 2.04 bits per heavy atom. The van der Waals surface area contributed by atoms with E-state index in [4.69, 9.17) is 4.98 Å². The third-order valence-corrected chi connectivity index (χ3v) is 5.01. The minimum Gasteiger partial charge on any atom is -0.303 e. The maximum Gasteiger partial charge on any atom is 0.330 e. The van der Waals surface area contributed by atoms with E-state index in [9.17, 15) is 4.79 Å². The molecule has 0 saturated carbocycles. The summed E-state index contributed by atoms with van der Waals surface area (Å²) in [5.74, 6) is 0.476. The number of nitrogens with zero attached hydrogens (tertiary/aromatic N) is 4. The molecule has 0 aliphatic carbocycles. The molecule has 0 amide bonds. The van der Waals surface area contributed by atoms with E-state index in [2.05, 4.69) is 44.7 Å². The lowest BCUT2D eigenvalue weighted by Crippen LogP contribution is -2.34. The van der Waals surface area contributed by atoms with Crippen molar-refractivity contribution in [3.8, 4) is 0 Å². The lowest BCUT2D eigenvalue weighted by atomic mass is 9.94. The minimum absolute atomic E-state index is 0.0309. The largest absolute Gasteiger partial charge is 0.330 e. The molecule has 24 heavy (non-hydrogen) atoms.